The van der Waals surface area contributed by atoms with Gasteiger partial charge in [0.1, 0.15) is 0 Å². The SMILES string of the molecule is [C-]#Cc1ccc(CC(C)C)cc1.[Li+]. The van der Waals surface area contributed by atoms with Gasteiger partial charge in [0, 0.05) is 0 Å². The van der Waals surface area contributed by atoms with Crippen molar-refractivity contribution in [2.45, 2.75) is 20.3 Å². The van der Waals surface area contributed by atoms with Crippen LogP contribution in [0.3, 0.4) is 0 Å². The van der Waals surface area contributed by atoms with E-state index in [4.69, 9.17) is 6.42 Å². The third-order valence-electron chi connectivity index (χ3n) is 1.74. The Hall–Kier alpha value is -0.623. The Kier molecular flexibility index (Phi) is 5.64. The minimum Gasteiger partial charge on any atom is -0.366 e. The number of benzene rings is 1. The van der Waals surface area contributed by atoms with Gasteiger partial charge >= 0.3 is 18.9 Å². The third kappa shape index (κ3) is 4.23. The molecule has 62 valence electrons. The van der Waals surface area contributed by atoms with Crippen molar-refractivity contribution < 1.29 is 18.9 Å². The van der Waals surface area contributed by atoms with Gasteiger partial charge in [0.15, 0.2) is 0 Å². The molecule has 0 unspecified atom stereocenters. The van der Waals surface area contributed by atoms with E-state index in [1.54, 1.807) is 0 Å². The van der Waals surface area contributed by atoms with E-state index in [1.165, 1.54) is 5.56 Å². The fourth-order valence-electron chi connectivity index (χ4n) is 1.20. The maximum Gasteiger partial charge on any atom is 1.00 e. The maximum absolute atomic E-state index is 6.91. The summed E-state index contributed by atoms with van der Waals surface area (Å²) >= 11 is 0. The quantitative estimate of drug-likeness (QED) is 0.323. The van der Waals surface area contributed by atoms with E-state index in [-0.39, 0.29) is 18.9 Å². The summed E-state index contributed by atoms with van der Waals surface area (Å²) < 4.78 is 0. The van der Waals surface area contributed by atoms with E-state index in [2.05, 4.69) is 31.9 Å². The van der Waals surface area contributed by atoms with Crippen molar-refractivity contribution in [3.8, 4) is 5.92 Å². The summed E-state index contributed by atoms with van der Waals surface area (Å²) in [4.78, 5) is 0. The predicted molar refractivity (Wildman–Crippen MR) is 51.2 cm³/mol. The van der Waals surface area contributed by atoms with E-state index in [1.807, 2.05) is 12.1 Å². The fourth-order valence-corrected chi connectivity index (χ4v) is 1.20. The van der Waals surface area contributed by atoms with Crippen LogP contribution in [0, 0.1) is 18.3 Å². The Bertz CT molecular complexity index is 277. The summed E-state index contributed by atoms with van der Waals surface area (Å²) in [6.45, 7) is 4.41. The molecule has 13 heavy (non-hydrogen) atoms. The third-order valence-corrected chi connectivity index (χ3v) is 1.74. The van der Waals surface area contributed by atoms with Gasteiger partial charge in [-0.3, -0.25) is 5.92 Å². The molecule has 0 bridgehead atoms. The molecule has 0 N–H and O–H groups in total. The number of hydrogen-bond donors (Lipinski definition) is 0. The second-order valence-electron chi connectivity index (χ2n) is 3.42. The zero-order chi connectivity index (χ0) is 8.97. The molecule has 0 aliphatic rings. The summed E-state index contributed by atoms with van der Waals surface area (Å²) in [5, 5.41) is 0. The summed E-state index contributed by atoms with van der Waals surface area (Å²) in [5.74, 6) is 3.05. The van der Waals surface area contributed by atoms with Crippen LogP contribution >= 0.6 is 0 Å². The van der Waals surface area contributed by atoms with Gasteiger partial charge in [-0.05, 0) is 12.3 Å². The first kappa shape index (κ1) is 12.4. The van der Waals surface area contributed by atoms with Crippen molar-refractivity contribution in [2.24, 2.45) is 5.92 Å². The average molecular weight is 164 g/mol. The summed E-state index contributed by atoms with van der Waals surface area (Å²) in [7, 11) is 0. The fraction of sp³-hybridized carbons (Fsp3) is 0.333. The van der Waals surface area contributed by atoms with Gasteiger partial charge in [-0.15, -0.1) is 17.7 Å². The van der Waals surface area contributed by atoms with E-state index in [0.29, 0.717) is 5.92 Å². The van der Waals surface area contributed by atoms with Crippen molar-refractivity contribution >= 4 is 0 Å². The van der Waals surface area contributed by atoms with Gasteiger partial charge in [0.2, 0.25) is 0 Å². The average Bonchev–Trinajstić information content (AvgIpc) is 2.05. The normalized spacial score (nSPS) is 9.08. The topological polar surface area (TPSA) is 0 Å². The summed E-state index contributed by atoms with van der Waals surface area (Å²) in [6.07, 6.45) is 8.02. The van der Waals surface area contributed by atoms with Crippen molar-refractivity contribution in [3.63, 3.8) is 0 Å². The summed E-state index contributed by atoms with van der Waals surface area (Å²) in [6, 6.07) is 8.00. The molecule has 0 amide bonds. The zero-order valence-electron chi connectivity index (χ0n) is 8.59. The molecular formula is C12H13Li. The first-order valence-electron chi connectivity index (χ1n) is 4.24. The Morgan fingerprint density at radius 1 is 1.23 bits per heavy atom. The molecule has 0 atom stereocenters. The van der Waals surface area contributed by atoms with E-state index < -0.39 is 0 Å². The van der Waals surface area contributed by atoms with Crippen molar-refractivity contribution in [1.29, 1.82) is 0 Å². The van der Waals surface area contributed by atoms with Crippen LogP contribution in [0.25, 0.3) is 0 Å². The van der Waals surface area contributed by atoms with Crippen molar-refractivity contribution in [2.75, 3.05) is 0 Å². The molecular weight excluding hydrogens is 151 g/mol. The summed E-state index contributed by atoms with van der Waals surface area (Å²) in [5.41, 5.74) is 2.19. The Morgan fingerprint density at radius 2 is 1.77 bits per heavy atom. The second kappa shape index (κ2) is 5.93. The van der Waals surface area contributed by atoms with Crippen LogP contribution in [0.5, 0.6) is 0 Å². The van der Waals surface area contributed by atoms with Gasteiger partial charge in [0.25, 0.3) is 0 Å². The molecule has 1 rings (SSSR count). The Labute approximate surface area is 92.9 Å². The molecule has 0 saturated carbocycles. The van der Waals surface area contributed by atoms with Crippen LogP contribution in [0.2, 0.25) is 0 Å². The van der Waals surface area contributed by atoms with Crippen LogP contribution < -0.4 is 18.9 Å². The first-order chi connectivity index (χ1) is 5.72. The minimum absolute atomic E-state index is 0. The molecule has 1 heteroatoms. The van der Waals surface area contributed by atoms with E-state index in [9.17, 15) is 0 Å². The van der Waals surface area contributed by atoms with Gasteiger partial charge in [-0.1, -0.05) is 31.5 Å². The van der Waals surface area contributed by atoms with Crippen LogP contribution in [0.15, 0.2) is 24.3 Å². The van der Waals surface area contributed by atoms with Gasteiger partial charge in [-0.25, -0.2) is 0 Å². The molecule has 1 aromatic carbocycles. The Balaban J connectivity index is 0.00000144. The zero-order valence-corrected chi connectivity index (χ0v) is 8.59. The van der Waals surface area contributed by atoms with E-state index in [0.717, 1.165) is 12.0 Å². The molecule has 0 aliphatic heterocycles. The van der Waals surface area contributed by atoms with Gasteiger partial charge < -0.3 is 6.42 Å². The van der Waals surface area contributed by atoms with E-state index >= 15 is 0 Å². The second-order valence-corrected chi connectivity index (χ2v) is 3.42. The molecule has 0 nitrogen and oxygen atoms in total. The molecule has 0 saturated heterocycles. The molecule has 0 heterocycles. The first-order valence-corrected chi connectivity index (χ1v) is 4.24. The van der Waals surface area contributed by atoms with Crippen LogP contribution in [0.1, 0.15) is 25.0 Å². The molecule has 0 radical (unpaired) electrons. The Morgan fingerprint density at radius 3 is 2.15 bits per heavy atom. The van der Waals surface area contributed by atoms with Crippen LogP contribution in [-0.4, -0.2) is 0 Å². The molecule has 1 aromatic rings. The monoisotopic (exact) mass is 164 g/mol. The van der Waals surface area contributed by atoms with Crippen LogP contribution in [0.4, 0.5) is 0 Å². The molecule has 0 aliphatic carbocycles. The minimum atomic E-state index is 0. The van der Waals surface area contributed by atoms with Crippen molar-refractivity contribution in [3.05, 3.63) is 41.8 Å². The van der Waals surface area contributed by atoms with Crippen molar-refractivity contribution in [1.82, 2.24) is 0 Å². The number of rotatable bonds is 2. The predicted octanol–water partition coefficient (Wildman–Crippen LogP) is -0.173. The van der Waals surface area contributed by atoms with Crippen LogP contribution in [-0.2, 0) is 6.42 Å². The standard InChI is InChI=1S/C12H13.Li/c1-4-11-5-7-12(8-6-11)9-10(2)3;/h5-8,10H,9H2,2-3H3;/q-1;+1. The maximum atomic E-state index is 6.91. The molecule has 0 spiro atoms. The van der Waals surface area contributed by atoms with Gasteiger partial charge in [0.05, 0.1) is 0 Å². The smallest absolute Gasteiger partial charge is 0.366 e. The van der Waals surface area contributed by atoms with Gasteiger partial charge in [-0.2, -0.15) is 0 Å². The largest absolute Gasteiger partial charge is 1.00 e. The molecule has 0 aromatic heterocycles. The molecule has 0 fully saturated rings. The number of hydrogen-bond acceptors (Lipinski definition) is 0.